The average Bonchev–Trinajstić information content (AvgIpc) is 2.67. The van der Waals surface area contributed by atoms with Crippen LogP contribution in [0.25, 0.3) is 0 Å². The van der Waals surface area contributed by atoms with Gasteiger partial charge in [-0.1, -0.05) is 18.2 Å². The summed E-state index contributed by atoms with van der Waals surface area (Å²) in [7, 11) is -4.26. The van der Waals surface area contributed by atoms with Crippen molar-refractivity contribution in [3.63, 3.8) is 0 Å². The van der Waals surface area contributed by atoms with Gasteiger partial charge in [-0.15, -0.1) is 0 Å². The van der Waals surface area contributed by atoms with Crippen molar-refractivity contribution in [1.29, 1.82) is 0 Å². The minimum Gasteiger partial charge on any atom is -0.388 e. The lowest BCUT2D eigenvalue weighted by molar-refractivity contribution is 0.0316. The number of hydrogen-bond acceptors (Lipinski definition) is 5. The molecule has 1 aromatic rings. The number of benzene rings is 1. The molecule has 2 N–H and O–H groups in total. The summed E-state index contributed by atoms with van der Waals surface area (Å²) >= 11 is 0. The fourth-order valence-electron chi connectivity index (χ4n) is 1.95. The molecule has 0 aromatic heterocycles. The van der Waals surface area contributed by atoms with Crippen LogP contribution in [0.3, 0.4) is 0 Å². The highest BCUT2D eigenvalue weighted by Gasteiger charge is 2.40. The van der Waals surface area contributed by atoms with E-state index in [1.807, 2.05) is 0 Å². The zero-order valence-electron chi connectivity index (χ0n) is 10.7. The van der Waals surface area contributed by atoms with Gasteiger partial charge in [0.05, 0.1) is 11.0 Å². The van der Waals surface area contributed by atoms with E-state index in [1.165, 1.54) is 31.2 Å². The van der Waals surface area contributed by atoms with Crippen molar-refractivity contribution < 1.29 is 27.8 Å². The Labute approximate surface area is 116 Å². The van der Waals surface area contributed by atoms with E-state index in [-0.39, 0.29) is 4.90 Å². The van der Waals surface area contributed by atoms with Crippen molar-refractivity contribution in [2.75, 3.05) is 0 Å². The number of sulfone groups is 1. The number of aliphatic hydroxyl groups is 2. The SMILES string of the molecule is C[C@@H]1O[C@H](C=C(F)S(=O)(=O)c2ccccc2)[C@H](O)C1O. The molecule has 1 aliphatic heterocycles. The second-order valence-corrected chi connectivity index (χ2v) is 6.44. The molecule has 1 unspecified atom stereocenters. The lowest BCUT2D eigenvalue weighted by Gasteiger charge is -2.10. The predicted octanol–water partition coefficient (Wildman–Crippen LogP) is 0.780. The first-order valence-electron chi connectivity index (χ1n) is 6.03. The van der Waals surface area contributed by atoms with E-state index in [1.54, 1.807) is 6.07 Å². The van der Waals surface area contributed by atoms with E-state index in [2.05, 4.69) is 0 Å². The molecule has 1 aliphatic rings. The van der Waals surface area contributed by atoms with Crippen molar-refractivity contribution >= 4 is 9.84 Å². The Kier molecular flexibility index (Phi) is 4.24. The standard InChI is InChI=1S/C13H15FO5S/c1-8-12(15)13(16)10(19-8)7-11(14)20(17,18)9-5-3-2-4-6-9/h2-8,10,12-13,15-16H,1H3/t8-,10+,12?,13-/m0/s1. The maximum absolute atomic E-state index is 13.9. The smallest absolute Gasteiger partial charge is 0.233 e. The summed E-state index contributed by atoms with van der Waals surface area (Å²) in [6, 6.07) is 7.11. The fraction of sp³-hybridized carbons (Fsp3) is 0.385. The van der Waals surface area contributed by atoms with Gasteiger partial charge in [0.1, 0.15) is 18.3 Å². The van der Waals surface area contributed by atoms with Crippen LogP contribution in [0.2, 0.25) is 0 Å². The highest BCUT2D eigenvalue weighted by Crippen LogP contribution is 2.26. The summed E-state index contributed by atoms with van der Waals surface area (Å²) in [6.07, 6.45) is -3.75. The van der Waals surface area contributed by atoms with Gasteiger partial charge in [-0.05, 0) is 25.1 Å². The van der Waals surface area contributed by atoms with Crippen LogP contribution >= 0.6 is 0 Å². The van der Waals surface area contributed by atoms with Crippen molar-refractivity contribution in [2.24, 2.45) is 0 Å². The molecule has 0 radical (unpaired) electrons. The zero-order valence-corrected chi connectivity index (χ0v) is 11.5. The molecule has 1 fully saturated rings. The third-order valence-corrected chi connectivity index (χ3v) is 4.69. The molecule has 0 aliphatic carbocycles. The van der Waals surface area contributed by atoms with Gasteiger partial charge in [-0.25, -0.2) is 8.42 Å². The molecule has 20 heavy (non-hydrogen) atoms. The molecule has 1 aromatic carbocycles. The van der Waals surface area contributed by atoms with E-state index < -0.39 is 39.4 Å². The summed E-state index contributed by atoms with van der Waals surface area (Å²) in [4.78, 5) is -0.185. The summed E-state index contributed by atoms with van der Waals surface area (Å²) in [5.41, 5.74) is 0. The highest BCUT2D eigenvalue weighted by molar-refractivity contribution is 7.95. The molecule has 0 bridgehead atoms. The lowest BCUT2D eigenvalue weighted by atomic mass is 10.1. The molecule has 2 rings (SSSR count). The first-order valence-corrected chi connectivity index (χ1v) is 7.51. The second-order valence-electron chi connectivity index (χ2n) is 4.57. The quantitative estimate of drug-likeness (QED) is 0.862. The molecule has 0 spiro atoms. The largest absolute Gasteiger partial charge is 0.388 e. The van der Waals surface area contributed by atoms with Gasteiger partial charge >= 0.3 is 0 Å². The summed E-state index contributed by atoms with van der Waals surface area (Å²) in [5, 5.41) is 17.7. The normalized spacial score (nSPS) is 31.5. The minimum absolute atomic E-state index is 0.185. The number of aliphatic hydroxyl groups excluding tert-OH is 2. The topological polar surface area (TPSA) is 83.8 Å². The molecule has 7 heteroatoms. The van der Waals surface area contributed by atoms with Gasteiger partial charge in [-0.3, -0.25) is 0 Å². The van der Waals surface area contributed by atoms with Gasteiger partial charge in [0, 0.05) is 0 Å². The van der Waals surface area contributed by atoms with Crippen LogP contribution in [0.15, 0.2) is 46.5 Å². The van der Waals surface area contributed by atoms with Crippen molar-refractivity contribution in [2.45, 2.75) is 36.2 Å². The van der Waals surface area contributed by atoms with Crippen LogP contribution in [-0.4, -0.2) is 43.0 Å². The van der Waals surface area contributed by atoms with Crippen LogP contribution in [-0.2, 0) is 14.6 Å². The van der Waals surface area contributed by atoms with Gasteiger partial charge in [0.2, 0.25) is 15.0 Å². The molecule has 0 saturated carbocycles. The minimum atomic E-state index is -4.26. The molecule has 1 heterocycles. The number of rotatable bonds is 3. The third kappa shape index (κ3) is 2.76. The van der Waals surface area contributed by atoms with E-state index in [0.29, 0.717) is 6.08 Å². The maximum Gasteiger partial charge on any atom is 0.233 e. The second kappa shape index (κ2) is 5.61. The van der Waals surface area contributed by atoms with Crippen LogP contribution in [0.5, 0.6) is 0 Å². The van der Waals surface area contributed by atoms with Crippen LogP contribution in [0, 0.1) is 0 Å². The molecular weight excluding hydrogens is 287 g/mol. The van der Waals surface area contributed by atoms with E-state index in [0.717, 1.165) is 0 Å². The Bertz CT molecular complexity index is 598. The third-order valence-electron chi connectivity index (χ3n) is 3.14. The monoisotopic (exact) mass is 302 g/mol. The Hall–Kier alpha value is -1.28. The molecular formula is C13H15FO5S. The number of hydrogen-bond donors (Lipinski definition) is 2. The van der Waals surface area contributed by atoms with E-state index in [4.69, 9.17) is 4.74 Å². The number of ether oxygens (including phenoxy) is 1. The van der Waals surface area contributed by atoms with Crippen LogP contribution in [0.1, 0.15) is 6.92 Å². The molecule has 1 saturated heterocycles. The van der Waals surface area contributed by atoms with Crippen molar-refractivity contribution in [1.82, 2.24) is 0 Å². The summed E-state index contributed by atoms with van der Waals surface area (Å²) in [5.74, 6) is 0. The van der Waals surface area contributed by atoms with Crippen molar-refractivity contribution in [3.8, 4) is 0 Å². The van der Waals surface area contributed by atoms with Crippen LogP contribution < -0.4 is 0 Å². The predicted molar refractivity (Wildman–Crippen MR) is 69.2 cm³/mol. The lowest BCUT2D eigenvalue weighted by Crippen LogP contribution is -2.30. The average molecular weight is 302 g/mol. The van der Waals surface area contributed by atoms with Gasteiger partial charge in [0.15, 0.2) is 0 Å². The number of halogens is 1. The Balaban J connectivity index is 2.28. The molecule has 110 valence electrons. The summed E-state index contributed by atoms with van der Waals surface area (Å²) in [6.45, 7) is 1.51. The first-order chi connectivity index (χ1) is 9.34. The Morgan fingerprint density at radius 3 is 2.35 bits per heavy atom. The van der Waals surface area contributed by atoms with E-state index in [9.17, 15) is 23.0 Å². The zero-order chi connectivity index (χ0) is 14.9. The maximum atomic E-state index is 13.9. The Morgan fingerprint density at radius 2 is 1.85 bits per heavy atom. The molecule has 5 nitrogen and oxygen atoms in total. The van der Waals surface area contributed by atoms with Gasteiger partial charge < -0.3 is 14.9 Å². The van der Waals surface area contributed by atoms with Gasteiger partial charge in [0.25, 0.3) is 0 Å². The molecule has 0 amide bonds. The van der Waals surface area contributed by atoms with Crippen molar-refractivity contribution in [3.05, 3.63) is 41.6 Å². The fourth-order valence-corrected chi connectivity index (χ4v) is 3.00. The van der Waals surface area contributed by atoms with E-state index >= 15 is 0 Å². The summed E-state index contributed by atoms with van der Waals surface area (Å²) < 4.78 is 42.9. The highest BCUT2D eigenvalue weighted by atomic mass is 32.2. The van der Waals surface area contributed by atoms with Gasteiger partial charge in [-0.2, -0.15) is 4.39 Å². The molecule has 4 atom stereocenters. The van der Waals surface area contributed by atoms with Crippen LogP contribution in [0.4, 0.5) is 4.39 Å². The first kappa shape index (κ1) is 15.1. The Morgan fingerprint density at radius 1 is 1.25 bits per heavy atom.